The molecule has 1 aromatic heterocycles. The second kappa shape index (κ2) is 11.3. The summed E-state index contributed by atoms with van der Waals surface area (Å²) in [7, 11) is 3.86. The van der Waals surface area contributed by atoms with Gasteiger partial charge in [-0.2, -0.15) is 11.8 Å². The van der Waals surface area contributed by atoms with E-state index in [0.717, 1.165) is 82.5 Å². The van der Waals surface area contributed by atoms with E-state index in [1.807, 2.05) is 60.4 Å². The molecular formula is C31H35N5O3S. The highest BCUT2D eigenvalue weighted by Gasteiger charge is 2.34. The van der Waals surface area contributed by atoms with Gasteiger partial charge in [-0.3, -0.25) is 4.98 Å². The molecule has 6 rings (SSSR count). The number of nitrogens with zero attached hydrogens (tertiary/aromatic N) is 5. The molecule has 8 nitrogen and oxygen atoms in total. The van der Waals surface area contributed by atoms with Crippen molar-refractivity contribution in [3.05, 3.63) is 72.4 Å². The number of fused-ring (bicyclic) bond motifs is 1. The first-order valence-corrected chi connectivity index (χ1v) is 14.9. The second-order valence-electron chi connectivity index (χ2n) is 10.4. The maximum Gasteiger partial charge on any atom is 0.253 e. The fourth-order valence-corrected chi connectivity index (χ4v) is 6.38. The molecule has 4 aromatic rings. The van der Waals surface area contributed by atoms with Gasteiger partial charge in [-0.25, -0.2) is 9.88 Å². The van der Waals surface area contributed by atoms with Crippen molar-refractivity contribution >= 4 is 28.5 Å². The third kappa shape index (κ3) is 5.27. The zero-order chi connectivity index (χ0) is 27.7. The minimum atomic E-state index is -1.99. The van der Waals surface area contributed by atoms with Gasteiger partial charge in [0.05, 0.1) is 35.7 Å². The number of piperazine rings is 1. The van der Waals surface area contributed by atoms with Gasteiger partial charge in [0.25, 0.3) is 5.91 Å². The molecule has 3 aromatic carbocycles. The van der Waals surface area contributed by atoms with Crippen molar-refractivity contribution < 1.29 is 14.9 Å². The van der Waals surface area contributed by atoms with E-state index in [2.05, 4.69) is 22.9 Å². The quantitative estimate of drug-likeness (QED) is 0.343. The molecule has 0 amide bonds. The normalized spacial score (nSPS) is 17.4. The number of methoxy groups -OCH3 is 1. The molecule has 2 aliphatic heterocycles. The van der Waals surface area contributed by atoms with Crippen LogP contribution in [0.3, 0.4) is 0 Å². The average molecular weight is 558 g/mol. The van der Waals surface area contributed by atoms with Crippen molar-refractivity contribution in [2.24, 2.45) is 0 Å². The van der Waals surface area contributed by atoms with Gasteiger partial charge in [0.15, 0.2) is 0 Å². The number of aliphatic hydroxyl groups is 2. The largest absolute Gasteiger partial charge is 0.495 e. The number of rotatable bonds is 6. The summed E-state index contributed by atoms with van der Waals surface area (Å²) in [5, 5.41) is 21.8. The van der Waals surface area contributed by atoms with Gasteiger partial charge in [0.2, 0.25) is 0 Å². The Hall–Kier alpha value is -3.21. The molecule has 208 valence electrons. The summed E-state index contributed by atoms with van der Waals surface area (Å²) in [4.78, 5) is 16.3. The fraction of sp³-hybridized carbons (Fsp3) is 0.355. The summed E-state index contributed by atoms with van der Waals surface area (Å²) in [6.07, 6.45) is 1.83. The number of anilines is 1. The summed E-state index contributed by atoms with van der Waals surface area (Å²) in [5.74, 6) is 0.655. The van der Waals surface area contributed by atoms with Crippen molar-refractivity contribution in [1.29, 1.82) is 0 Å². The average Bonchev–Trinajstić information content (AvgIpc) is 3.01. The van der Waals surface area contributed by atoms with Crippen molar-refractivity contribution in [1.82, 2.24) is 19.8 Å². The number of thioether (sulfide) groups is 1. The molecular weight excluding hydrogens is 522 g/mol. The highest BCUT2D eigenvalue weighted by molar-refractivity contribution is 7.99. The Morgan fingerprint density at radius 3 is 2.33 bits per heavy atom. The highest BCUT2D eigenvalue weighted by atomic mass is 32.2. The third-order valence-electron chi connectivity index (χ3n) is 7.93. The van der Waals surface area contributed by atoms with Gasteiger partial charge in [0.1, 0.15) is 5.75 Å². The molecule has 0 spiro atoms. The maximum absolute atomic E-state index is 10.9. The SMILES string of the molecule is COc1ccc(-c2cnc3cccc(-c4ccc(C(O)(O)N5CCSCC5)cc4)c3n2)cc1N1CCN(C)CC1. The molecule has 2 saturated heterocycles. The van der Waals surface area contributed by atoms with Gasteiger partial charge in [-0.1, -0.05) is 36.4 Å². The Kier molecular flexibility index (Phi) is 7.65. The van der Waals surface area contributed by atoms with Crippen LogP contribution in [0.5, 0.6) is 5.75 Å². The summed E-state index contributed by atoms with van der Waals surface area (Å²) < 4.78 is 5.70. The predicted octanol–water partition coefficient (Wildman–Crippen LogP) is 3.87. The van der Waals surface area contributed by atoms with Crippen LogP contribution in [0.2, 0.25) is 0 Å². The lowest BCUT2D eigenvalue weighted by Gasteiger charge is -2.37. The molecule has 2 aliphatic rings. The number of hydrogen-bond acceptors (Lipinski definition) is 9. The number of hydrogen-bond donors (Lipinski definition) is 2. The van der Waals surface area contributed by atoms with Crippen LogP contribution in [0, 0.1) is 0 Å². The minimum Gasteiger partial charge on any atom is -0.495 e. The van der Waals surface area contributed by atoms with Crippen molar-refractivity contribution in [2.75, 3.05) is 69.8 Å². The lowest BCUT2D eigenvalue weighted by atomic mass is 10.0. The van der Waals surface area contributed by atoms with E-state index < -0.39 is 5.91 Å². The van der Waals surface area contributed by atoms with Crippen molar-refractivity contribution in [2.45, 2.75) is 5.91 Å². The van der Waals surface area contributed by atoms with Gasteiger partial charge in [-0.05, 0) is 36.9 Å². The zero-order valence-corrected chi connectivity index (χ0v) is 23.8. The Labute approximate surface area is 239 Å². The summed E-state index contributed by atoms with van der Waals surface area (Å²) in [5.41, 5.74) is 6.81. The van der Waals surface area contributed by atoms with E-state index in [4.69, 9.17) is 14.7 Å². The maximum atomic E-state index is 10.9. The number of likely N-dealkylation sites (N-methyl/N-ethyl adjacent to an activating group) is 1. The lowest BCUT2D eigenvalue weighted by Crippen LogP contribution is -2.49. The monoisotopic (exact) mass is 557 g/mol. The molecule has 0 unspecified atom stereocenters. The number of para-hydroxylation sites is 1. The van der Waals surface area contributed by atoms with E-state index >= 15 is 0 Å². The molecule has 0 radical (unpaired) electrons. The Bertz CT molecular complexity index is 1480. The molecule has 0 bridgehead atoms. The van der Waals surface area contributed by atoms with Crippen LogP contribution in [0.25, 0.3) is 33.4 Å². The van der Waals surface area contributed by atoms with E-state index in [9.17, 15) is 10.2 Å². The molecule has 0 saturated carbocycles. The number of ether oxygens (including phenoxy) is 1. The van der Waals surface area contributed by atoms with E-state index in [0.29, 0.717) is 18.7 Å². The van der Waals surface area contributed by atoms with Crippen molar-refractivity contribution in [3.8, 4) is 28.1 Å². The molecule has 0 aliphatic carbocycles. The van der Waals surface area contributed by atoms with Crippen LogP contribution in [0.15, 0.2) is 66.9 Å². The number of benzene rings is 3. The third-order valence-corrected chi connectivity index (χ3v) is 8.87. The lowest BCUT2D eigenvalue weighted by molar-refractivity contribution is -0.273. The Balaban J connectivity index is 1.34. The van der Waals surface area contributed by atoms with Gasteiger partial charge in [0, 0.05) is 67.5 Å². The first-order valence-electron chi connectivity index (χ1n) is 13.7. The van der Waals surface area contributed by atoms with E-state index in [1.165, 1.54) is 0 Å². The van der Waals surface area contributed by atoms with Crippen molar-refractivity contribution in [3.63, 3.8) is 0 Å². The van der Waals surface area contributed by atoms with Gasteiger partial charge >= 0.3 is 0 Å². The minimum absolute atomic E-state index is 0.463. The van der Waals surface area contributed by atoms with Crippen LogP contribution in [0.4, 0.5) is 5.69 Å². The fourth-order valence-electron chi connectivity index (χ4n) is 5.48. The zero-order valence-electron chi connectivity index (χ0n) is 23.0. The van der Waals surface area contributed by atoms with E-state index in [1.54, 1.807) is 24.1 Å². The molecule has 0 atom stereocenters. The molecule has 2 N–H and O–H groups in total. The second-order valence-corrected chi connectivity index (χ2v) is 11.6. The Morgan fingerprint density at radius 1 is 0.875 bits per heavy atom. The van der Waals surface area contributed by atoms with Crippen LogP contribution in [0.1, 0.15) is 5.56 Å². The molecule has 2 fully saturated rings. The first kappa shape index (κ1) is 27.0. The van der Waals surface area contributed by atoms with Crippen LogP contribution in [-0.2, 0) is 5.91 Å². The smallest absolute Gasteiger partial charge is 0.253 e. The van der Waals surface area contributed by atoms with Crippen LogP contribution < -0.4 is 9.64 Å². The van der Waals surface area contributed by atoms with Crippen LogP contribution in [-0.4, -0.2) is 94.9 Å². The van der Waals surface area contributed by atoms with Gasteiger partial charge in [-0.15, -0.1) is 0 Å². The van der Waals surface area contributed by atoms with Crippen LogP contribution >= 0.6 is 11.8 Å². The summed E-state index contributed by atoms with van der Waals surface area (Å²) in [6, 6.07) is 19.6. The molecule has 9 heteroatoms. The molecule has 3 heterocycles. The van der Waals surface area contributed by atoms with E-state index in [-0.39, 0.29) is 0 Å². The highest BCUT2D eigenvalue weighted by Crippen LogP contribution is 2.35. The predicted molar refractivity (Wildman–Crippen MR) is 162 cm³/mol. The summed E-state index contributed by atoms with van der Waals surface area (Å²) >= 11 is 1.83. The molecule has 40 heavy (non-hydrogen) atoms. The topological polar surface area (TPSA) is 85.2 Å². The van der Waals surface area contributed by atoms with Gasteiger partial charge < -0.3 is 24.7 Å². The standard InChI is InChI=1S/C31H35N5O3S/c1-34-12-14-35(15-13-34)28-20-23(8-11-29(28)39-2)27-21-32-26-5-3-4-25(30(26)33-27)22-6-9-24(10-7-22)31(37,38)36-16-18-40-19-17-36/h3-11,20-21,37-38H,12-19H2,1-2H3. The first-order chi connectivity index (χ1) is 19.4. The Morgan fingerprint density at radius 2 is 1.60 bits per heavy atom. The number of aromatic nitrogens is 2. The summed E-state index contributed by atoms with van der Waals surface area (Å²) in [6.45, 7) is 5.19.